The third-order valence-corrected chi connectivity index (χ3v) is 4.91. The van der Waals surface area contributed by atoms with Gasteiger partial charge in [-0.05, 0) is 38.2 Å². The number of carbonyl (C=O) groups excluding carboxylic acids is 2. The van der Waals surface area contributed by atoms with E-state index in [-0.39, 0.29) is 11.8 Å². The molecule has 0 saturated carbocycles. The number of likely N-dealkylation sites (N-methyl/N-ethyl adjacent to an activating group) is 1. The number of allylic oxidation sites excluding steroid dienone is 1. The molecule has 0 unspecified atom stereocenters. The van der Waals surface area contributed by atoms with Crippen LogP contribution in [0.25, 0.3) is 10.2 Å². The summed E-state index contributed by atoms with van der Waals surface area (Å²) in [6.07, 6.45) is 3.13. The number of anilines is 1. The minimum Gasteiger partial charge on any atom is -0.336 e. The first-order chi connectivity index (χ1) is 11.6. The summed E-state index contributed by atoms with van der Waals surface area (Å²) in [5.74, 6) is -0.150. The van der Waals surface area contributed by atoms with E-state index in [1.54, 1.807) is 19.1 Å². The number of aromatic nitrogens is 1. The Kier molecular flexibility index (Phi) is 4.92. The second kappa shape index (κ2) is 7.11. The minimum absolute atomic E-state index is 0.0536. The van der Waals surface area contributed by atoms with Gasteiger partial charge in [0.15, 0.2) is 5.13 Å². The largest absolute Gasteiger partial charge is 0.336 e. The highest BCUT2D eigenvalue weighted by molar-refractivity contribution is 7.22. The third kappa shape index (κ3) is 3.63. The van der Waals surface area contributed by atoms with Crippen LogP contribution in [0.5, 0.6) is 0 Å². The molecule has 0 aliphatic carbocycles. The zero-order chi connectivity index (χ0) is 17.1. The van der Waals surface area contributed by atoms with Gasteiger partial charge in [-0.2, -0.15) is 0 Å². The second-order valence-corrected chi connectivity index (χ2v) is 6.82. The van der Waals surface area contributed by atoms with Crippen molar-refractivity contribution in [2.24, 2.45) is 0 Å². The summed E-state index contributed by atoms with van der Waals surface area (Å²) in [6.45, 7) is 5.08. The van der Waals surface area contributed by atoms with Crippen molar-refractivity contribution in [2.45, 2.75) is 6.92 Å². The van der Waals surface area contributed by atoms with E-state index in [0.29, 0.717) is 10.7 Å². The topological polar surface area (TPSA) is 65.5 Å². The average Bonchev–Trinajstić information content (AvgIpc) is 2.96. The minimum atomic E-state index is -0.203. The second-order valence-electron chi connectivity index (χ2n) is 5.79. The molecule has 2 aromatic rings. The Balaban J connectivity index is 1.78. The highest BCUT2D eigenvalue weighted by Crippen LogP contribution is 2.27. The van der Waals surface area contributed by atoms with Crippen molar-refractivity contribution in [3.05, 3.63) is 35.9 Å². The van der Waals surface area contributed by atoms with Crippen molar-refractivity contribution in [1.29, 1.82) is 0 Å². The van der Waals surface area contributed by atoms with E-state index in [9.17, 15) is 9.59 Å². The van der Waals surface area contributed by atoms with Crippen LogP contribution in [0.4, 0.5) is 5.13 Å². The van der Waals surface area contributed by atoms with Crippen LogP contribution in [0.3, 0.4) is 0 Å². The fraction of sp³-hybridized carbons (Fsp3) is 0.353. The number of nitrogens with zero attached hydrogens (tertiary/aromatic N) is 3. The Hall–Kier alpha value is -2.25. The highest BCUT2D eigenvalue weighted by atomic mass is 32.1. The average molecular weight is 344 g/mol. The van der Waals surface area contributed by atoms with E-state index in [2.05, 4.69) is 22.2 Å². The molecule has 0 bridgehead atoms. The lowest BCUT2D eigenvalue weighted by Gasteiger charge is -2.32. The maximum Gasteiger partial charge on any atom is 0.253 e. The number of amides is 2. The standard InChI is InChI=1S/C17H20N4O2S/c1-3-4-15(22)19-17-18-13-6-5-12(11-14(13)24-17)16(23)21-9-7-20(2)8-10-21/h3-6,11H,7-10H2,1-2H3,(H,18,19,22)/b4-3+. The lowest BCUT2D eigenvalue weighted by molar-refractivity contribution is -0.111. The quantitative estimate of drug-likeness (QED) is 0.867. The smallest absolute Gasteiger partial charge is 0.253 e. The number of fused-ring (bicyclic) bond motifs is 1. The number of piperazine rings is 1. The van der Waals surface area contributed by atoms with Gasteiger partial charge in [-0.3, -0.25) is 14.9 Å². The molecule has 2 heterocycles. The van der Waals surface area contributed by atoms with E-state index in [4.69, 9.17) is 0 Å². The van der Waals surface area contributed by atoms with Gasteiger partial charge in [0.2, 0.25) is 5.91 Å². The summed E-state index contributed by atoms with van der Waals surface area (Å²) in [5.41, 5.74) is 1.45. The summed E-state index contributed by atoms with van der Waals surface area (Å²) in [4.78, 5) is 32.7. The van der Waals surface area contributed by atoms with Gasteiger partial charge in [-0.1, -0.05) is 17.4 Å². The number of thiazole rings is 1. The zero-order valence-electron chi connectivity index (χ0n) is 13.8. The molecule has 3 rings (SSSR count). The molecule has 126 valence electrons. The Bertz CT molecular complexity index is 791. The van der Waals surface area contributed by atoms with Crippen molar-refractivity contribution in [3.63, 3.8) is 0 Å². The first-order valence-corrected chi connectivity index (χ1v) is 8.70. The van der Waals surface area contributed by atoms with Gasteiger partial charge >= 0.3 is 0 Å². The molecule has 1 aromatic heterocycles. The van der Waals surface area contributed by atoms with Gasteiger partial charge in [0, 0.05) is 31.7 Å². The van der Waals surface area contributed by atoms with E-state index < -0.39 is 0 Å². The molecule has 1 saturated heterocycles. The lowest BCUT2D eigenvalue weighted by Crippen LogP contribution is -2.47. The molecule has 1 N–H and O–H groups in total. The van der Waals surface area contributed by atoms with Gasteiger partial charge in [0.1, 0.15) is 0 Å². The van der Waals surface area contributed by atoms with Crippen molar-refractivity contribution >= 4 is 38.5 Å². The molecule has 0 radical (unpaired) electrons. The Morgan fingerprint density at radius 3 is 2.71 bits per heavy atom. The third-order valence-electron chi connectivity index (χ3n) is 3.97. The van der Waals surface area contributed by atoms with Gasteiger partial charge in [0.05, 0.1) is 10.2 Å². The summed E-state index contributed by atoms with van der Waals surface area (Å²) < 4.78 is 0.894. The van der Waals surface area contributed by atoms with Crippen LogP contribution >= 0.6 is 11.3 Å². The van der Waals surface area contributed by atoms with Crippen LogP contribution in [0.1, 0.15) is 17.3 Å². The number of rotatable bonds is 3. The fourth-order valence-electron chi connectivity index (χ4n) is 2.60. The van der Waals surface area contributed by atoms with E-state index in [1.807, 2.05) is 17.0 Å². The number of carbonyl (C=O) groups is 2. The van der Waals surface area contributed by atoms with E-state index in [0.717, 1.165) is 36.4 Å². The maximum absolute atomic E-state index is 12.6. The van der Waals surface area contributed by atoms with Crippen LogP contribution in [0.15, 0.2) is 30.4 Å². The summed E-state index contributed by atoms with van der Waals surface area (Å²) in [7, 11) is 2.06. The zero-order valence-corrected chi connectivity index (χ0v) is 14.6. The number of nitrogens with one attached hydrogen (secondary N) is 1. The molecule has 24 heavy (non-hydrogen) atoms. The first kappa shape index (κ1) is 16.6. The van der Waals surface area contributed by atoms with Gasteiger partial charge in [0.25, 0.3) is 5.91 Å². The molecule has 0 spiro atoms. The number of benzene rings is 1. The number of hydrogen-bond acceptors (Lipinski definition) is 5. The molecule has 0 atom stereocenters. The lowest BCUT2D eigenvalue weighted by atomic mass is 10.1. The van der Waals surface area contributed by atoms with Crippen LogP contribution in [0, 0.1) is 0 Å². The summed E-state index contributed by atoms with van der Waals surface area (Å²) in [5, 5.41) is 3.27. The van der Waals surface area contributed by atoms with E-state index >= 15 is 0 Å². The Morgan fingerprint density at radius 1 is 1.25 bits per heavy atom. The van der Waals surface area contributed by atoms with Crippen molar-refractivity contribution < 1.29 is 9.59 Å². The SMILES string of the molecule is C/C=C/C(=O)Nc1nc2ccc(C(=O)N3CCN(C)CC3)cc2s1. The highest BCUT2D eigenvalue weighted by Gasteiger charge is 2.21. The molecule has 1 aromatic carbocycles. The summed E-state index contributed by atoms with van der Waals surface area (Å²) in [6, 6.07) is 5.50. The molecule has 1 aliphatic rings. The number of hydrogen-bond donors (Lipinski definition) is 1. The van der Waals surface area contributed by atoms with Crippen LogP contribution in [-0.2, 0) is 4.79 Å². The fourth-order valence-corrected chi connectivity index (χ4v) is 3.51. The Morgan fingerprint density at radius 2 is 2.00 bits per heavy atom. The van der Waals surface area contributed by atoms with Crippen LogP contribution in [0.2, 0.25) is 0 Å². The van der Waals surface area contributed by atoms with E-state index in [1.165, 1.54) is 17.4 Å². The predicted octanol–water partition coefficient (Wildman–Crippen LogP) is 2.20. The molecule has 1 aliphatic heterocycles. The molecule has 7 heteroatoms. The predicted molar refractivity (Wildman–Crippen MR) is 96.5 cm³/mol. The van der Waals surface area contributed by atoms with Crippen molar-refractivity contribution in [3.8, 4) is 0 Å². The van der Waals surface area contributed by atoms with Gasteiger partial charge in [-0.25, -0.2) is 4.98 Å². The van der Waals surface area contributed by atoms with Crippen LogP contribution < -0.4 is 5.32 Å². The molecular weight excluding hydrogens is 324 g/mol. The maximum atomic E-state index is 12.6. The summed E-state index contributed by atoms with van der Waals surface area (Å²) >= 11 is 1.37. The molecule has 2 amide bonds. The molecular formula is C17H20N4O2S. The molecule has 1 fully saturated rings. The van der Waals surface area contributed by atoms with Crippen molar-refractivity contribution in [1.82, 2.24) is 14.8 Å². The van der Waals surface area contributed by atoms with Gasteiger partial charge < -0.3 is 9.80 Å². The monoisotopic (exact) mass is 344 g/mol. The van der Waals surface area contributed by atoms with Gasteiger partial charge in [-0.15, -0.1) is 0 Å². The normalized spacial score (nSPS) is 16.0. The van der Waals surface area contributed by atoms with Crippen molar-refractivity contribution in [2.75, 3.05) is 38.5 Å². The van der Waals surface area contributed by atoms with Crippen LogP contribution in [-0.4, -0.2) is 59.8 Å². The first-order valence-electron chi connectivity index (χ1n) is 7.89. The Labute approximate surface area is 144 Å². The molecule has 6 nitrogen and oxygen atoms in total.